The maximum Gasteiger partial charge on any atom is 0.291 e. The summed E-state index contributed by atoms with van der Waals surface area (Å²) >= 11 is 1.18. The third-order valence-corrected chi connectivity index (χ3v) is 5.13. The molecule has 0 spiro atoms. The highest BCUT2D eigenvalue weighted by Crippen LogP contribution is 2.40. The third kappa shape index (κ3) is 3.98. The number of aromatic amines is 1. The minimum atomic E-state index is -0.377. The van der Waals surface area contributed by atoms with Gasteiger partial charge >= 0.3 is 0 Å². The Labute approximate surface area is 157 Å². The Hall–Kier alpha value is -2.56. The summed E-state index contributed by atoms with van der Waals surface area (Å²) in [6.45, 7) is 4.53. The normalized spacial score (nSPS) is 15.8. The molecule has 0 bridgehead atoms. The zero-order valence-corrected chi connectivity index (χ0v) is 15.6. The minimum absolute atomic E-state index is 0.114. The predicted octanol–water partition coefficient (Wildman–Crippen LogP) is 4.09. The van der Waals surface area contributed by atoms with E-state index in [9.17, 15) is 4.79 Å². The highest BCUT2D eigenvalue weighted by molar-refractivity contribution is 7.97. The number of nitrogens with zero attached hydrogens (tertiary/aromatic N) is 2. The van der Waals surface area contributed by atoms with Crippen LogP contribution in [0, 0.1) is 16.7 Å². The van der Waals surface area contributed by atoms with Crippen molar-refractivity contribution in [3.8, 4) is 6.07 Å². The van der Waals surface area contributed by atoms with Crippen molar-refractivity contribution in [3.05, 3.63) is 47.6 Å². The SMILES string of the molecule is CC1(C)CC=C(c2cc(SN)ccc2NC(=O)c2ncc(C#N)[nH]2)CC1. The number of hydrogen-bond acceptors (Lipinski definition) is 5. The number of rotatable bonds is 4. The summed E-state index contributed by atoms with van der Waals surface area (Å²) in [5.74, 6) is -0.263. The summed E-state index contributed by atoms with van der Waals surface area (Å²) < 4.78 is 0. The number of allylic oxidation sites excluding steroid dienone is 2. The summed E-state index contributed by atoms with van der Waals surface area (Å²) in [4.78, 5) is 20.1. The highest BCUT2D eigenvalue weighted by Gasteiger charge is 2.23. The van der Waals surface area contributed by atoms with E-state index in [4.69, 9.17) is 10.4 Å². The van der Waals surface area contributed by atoms with Gasteiger partial charge in [0.25, 0.3) is 5.91 Å². The summed E-state index contributed by atoms with van der Waals surface area (Å²) in [6.07, 6.45) is 6.64. The molecule has 0 aliphatic heterocycles. The van der Waals surface area contributed by atoms with Crippen molar-refractivity contribution in [2.75, 3.05) is 5.32 Å². The topological polar surface area (TPSA) is 108 Å². The molecule has 1 amide bonds. The molecule has 0 unspecified atom stereocenters. The number of nitrogens with one attached hydrogen (secondary N) is 2. The van der Waals surface area contributed by atoms with Gasteiger partial charge in [-0.05, 0) is 60.4 Å². The van der Waals surface area contributed by atoms with E-state index in [0.717, 1.165) is 29.7 Å². The van der Waals surface area contributed by atoms with Gasteiger partial charge in [0.05, 0.1) is 6.20 Å². The fourth-order valence-corrected chi connectivity index (χ4v) is 3.30. The van der Waals surface area contributed by atoms with Crippen molar-refractivity contribution >= 4 is 29.1 Å². The Bertz CT molecular complexity index is 907. The number of aromatic nitrogens is 2. The van der Waals surface area contributed by atoms with Gasteiger partial charge in [-0.3, -0.25) is 9.93 Å². The zero-order valence-electron chi connectivity index (χ0n) is 14.8. The van der Waals surface area contributed by atoms with Gasteiger partial charge in [-0.2, -0.15) is 5.26 Å². The number of H-pyrrole nitrogens is 1. The fraction of sp³-hybridized carbons (Fsp3) is 0.316. The van der Waals surface area contributed by atoms with Crippen LogP contribution in [0.4, 0.5) is 5.69 Å². The van der Waals surface area contributed by atoms with Crippen molar-refractivity contribution in [2.24, 2.45) is 10.6 Å². The first kappa shape index (κ1) is 18.2. The number of anilines is 1. The molecule has 3 rings (SSSR count). The van der Waals surface area contributed by atoms with Crippen molar-refractivity contribution < 1.29 is 4.79 Å². The average Bonchev–Trinajstić information content (AvgIpc) is 3.11. The van der Waals surface area contributed by atoms with Gasteiger partial charge in [0.15, 0.2) is 5.82 Å². The quantitative estimate of drug-likeness (QED) is 0.705. The van der Waals surface area contributed by atoms with E-state index in [1.165, 1.54) is 23.7 Å². The maximum absolute atomic E-state index is 12.5. The molecule has 0 atom stereocenters. The van der Waals surface area contributed by atoms with E-state index in [2.05, 4.69) is 35.2 Å². The van der Waals surface area contributed by atoms with E-state index in [-0.39, 0.29) is 17.4 Å². The van der Waals surface area contributed by atoms with Gasteiger partial charge < -0.3 is 10.3 Å². The van der Waals surface area contributed by atoms with E-state index in [0.29, 0.717) is 11.1 Å². The number of amides is 1. The van der Waals surface area contributed by atoms with E-state index in [1.807, 2.05) is 24.3 Å². The molecule has 1 heterocycles. The molecular weight excluding hydrogens is 346 g/mol. The van der Waals surface area contributed by atoms with Crippen molar-refractivity contribution in [2.45, 2.75) is 38.0 Å². The van der Waals surface area contributed by atoms with Gasteiger partial charge in [-0.1, -0.05) is 19.9 Å². The molecule has 2 aromatic rings. The molecule has 0 saturated heterocycles. The second-order valence-corrected chi connectivity index (χ2v) is 7.84. The second-order valence-electron chi connectivity index (χ2n) is 7.13. The first-order valence-electron chi connectivity index (χ1n) is 8.38. The zero-order chi connectivity index (χ0) is 18.7. The first-order chi connectivity index (χ1) is 12.4. The van der Waals surface area contributed by atoms with Crippen LogP contribution in [0.15, 0.2) is 35.4 Å². The van der Waals surface area contributed by atoms with Crippen LogP contribution >= 0.6 is 11.9 Å². The predicted molar refractivity (Wildman–Crippen MR) is 103 cm³/mol. The number of hydrogen-bond donors (Lipinski definition) is 3. The standard InChI is InChI=1S/C19H21N5OS/c1-19(2)7-5-12(6-8-19)15-9-14(26-21)3-4-16(15)24-18(25)17-22-11-13(10-20)23-17/h3-5,9,11H,6-8,21H2,1-2H3,(H,22,23)(H,24,25). The van der Waals surface area contributed by atoms with Crippen LogP contribution in [0.5, 0.6) is 0 Å². The minimum Gasteiger partial charge on any atom is -0.326 e. The van der Waals surface area contributed by atoms with E-state index < -0.39 is 0 Å². The van der Waals surface area contributed by atoms with Gasteiger partial charge in [0.2, 0.25) is 0 Å². The number of carbonyl (C=O) groups excluding carboxylic acids is 1. The largest absolute Gasteiger partial charge is 0.326 e. The molecule has 0 radical (unpaired) electrons. The Morgan fingerprint density at radius 2 is 2.27 bits per heavy atom. The van der Waals surface area contributed by atoms with Crippen LogP contribution in [0.1, 0.15) is 55.0 Å². The van der Waals surface area contributed by atoms with E-state index in [1.54, 1.807) is 0 Å². The Morgan fingerprint density at radius 3 is 2.88 bits per heavy atom. The Kier molecular flexibility index (Phi) is 5.16. The van der Waals surface area contributed by atoms with Gasteiger partial charge in [-0.15, -0.1) is 0 Å². The Balaban J connectivity index is 1.91. The van der Waals surface area contributed by atoms with Crippen LogP contribution in [0.25, 0.3) is 5.57 Å². The molecular formula is C19H21N5OS. The molecule has 1 aliphatic rings. The third-order valence-electron chi connectivity index (χ3n) is 4.60. The summed E-state index contributed by atoms with van der Waals surface area (Å²) in [6, 6.07) is 7.67. The van der Waals surface area contributed by atoms with Gasteiger partial charge in [0.1, 0.15) is 11.8 Å². The number of nitriles is 1. The number of carbonyl (C=O) groups is 1. The average molecular weight is 367 g/mol. The van der Waals surface area contributed by atoms with Crippen LogP contribution in [0.2, 0.25) is 0 Å². The van der Waals surface area contributed by atoms with Gasteiger partial charge in [0, 0.05) is 16.1 Å². The maximum atomic E-state index is 12.5. The monoisotopic (exact) mass is 367 g/mol. The lowest BCUT2D eigenvalue weighted by Gasteiger charge is -2.29. The molecule has 0 saturated carbocycles. The highest BCUT2D eigenvalue weighted by atomic mass is 32.2. The first-order valence-corrected chi connectivity index (χ1v) is 9.26. The fourth-order valence-electron chi connectivity index (χ4n) is 2.97. The summed E-state index contributed by atoms with van der Waals surface area (Å²) in [5.41, 5.74) is 3.47. The molecule has 4 N–H and O–H groups in total. The molecule has 0 fully saturated rings. The van der Waals surface area contributed by atoms with Gasteiger partial charge in [-0.25, -0.2) is 4.98 Å². The molecule has 7 heteroatoms. The molecule has 134 valence electrons. The van der Waals surface area contributed by atoms with Crippen LogP contribution in [-0.2, 0) is 0 Å². The van der Waals surface area contributed by atoms with Crippen molar-refractivity contribution in [3.63, 3.8) is 0 Å². The molecule has 6 nitrogen and oxygen atoms in total. The van der Waals surface area contributed by atoms with Crippen LogP contribution < -0.4 is 10.5 Å². The number of benzene rings is 1. The van der Waals surface area contributed by atoms with Crippen molar-refractivity contribution in [1.82, 2.24) is 9.97 Å². The molecule has 1 aliphatic carbocycles. The molecule has 1 aromatic heterocycles. The van der Waals surface area contributed by atoms with Crippen LogP contribution in [0.3, 0.4) is 0 Å². The van der Waals surface area contributed by atoms with Crippen LogP contribution in [-0.4, -0.2) is 15.9 Å². The van der Waals surface area contributed by atoms with E-state index >= 15 is 0 Å². The lowest BCUT2D eigenvalue weighted by Crippen LogP contribution is -2.17. The molecule has 1 aromatic carbocycles. The lowest BCUT2D eigenvalue weighted by atomic mass is 9.77. The van der Waals surface area contributed by atoms with Crippen molar-refractivity contribution in [1.29, 1.82) is 5.26 Å². The molecule has 26 heavy (non-hydrogen) atoms. The summed E-state index contributed by atoms with van der Waals surface area (Å²) in [7, 11) is 0. The Morgan fingerprint density at radius 1 is 1.46 bits per heavy atom. The number of nitrogens with two attached hydrogens (primary N) is 1. The lowest BCUT2D eigenvalue weighted by molar-refractivity contribution is 0.101. The smallest absolute Gasteiger partial charge is 0.291 e. The summed E-state index contributed by atoms with van der Waals surface area (Å²) in [5, 5.41) is 17.5. The second kappa shape index (κ2) is 7.36. The number of imidazole rings is 1.